The normalized spacial score (nSPS) is 13.6. The summed E-state index contributed by atoms with van der Waals surface area (Å²) < 4.78 is 4.89. The minimum absolute atomic E-state index is 0.815. The molecule has 5 N–H and O–H groups in total. The van der Waals surface area contributed by atoms with Crippen molar-refractivity contribution in [3.05, 3.63) is 0 Å². The molecule has 0 saturated carbocycles. The van der Waals surface area contributed by atoms with E-state index in [2.05, 4.69) is 5.32 Å². The highest BCUT2D eigenvalue weighted by Crippen LogP contribution is 2.06. The molecule has 0 aromatic carbocycles. The average Bonchev–Trinajstić information content (AvgIpc) is 2.31. The zero-order valence-electron chi connectivity index (χ0n) is 12.5. The summed E-state index contributed by atoms with van der Waals surface area (Å²) in [5.74, 6) is -4.01. The van der Waals surface area contributed by atoms with Gasteiger partial charge in [-0.15, -0.1) is 0 Å². The molecule has 0 aliphatic heterocycles. The highest BCUT2D eigenvalue weighted by atomic mass is 16.6. The molecule has 0 aromatic rings. The molecule has 10 heteroatoms. The van der Waals surface area contributed by atoms with Crippen LogP contribution in [0.25, 0.3) is 0 Å². The third kappa shape index (κ3) is 8.04. The molecule has 0 saturated heterocycles. The quantitative estimate of drug-likeness (QED) is 0.395. The molecule has 22 heavy (non-hydrogen) atoms. The molecule has 0 unspecified atom stereocenters. The van der Waals surface area contributed by atoms with Crippen LogP contribution in [0.15, 0.2) is 0 Å². The van der Waals surface area contributed by atoms with Gasteiger partial charge in [-0.25, -0.2) is 9.59 Å². The first kappa shape index (κ1) is 19.6. The molecule has 0 aromatic heterocycles. The van der Waals surface area contributed by atoms with Gasteiger partial charge in [0.1, 0.15) is 17.7 Å². The minimum Gasteiger partial charge on any atom is -0.481 e. The summed E-state index contributed by atoms with van der Waals surface area (Å²) in [6.07, 6.45) is -1.82. The molecule has 2 amide bonds. The number of hydrogen-bond donors (Lipinski definition) is 5. The summed E-state index contributed by atoms with van der Waals surface area (Å²) in [5.41, 5.74) is -0.826. The van der Waals surface area contributed by atoms with Crippen LogP contribution in [0.3, 0.4) is 0 Å². The summed E-state index contributed by atoms with van der Waals surface area (Å²) in [4.78, 5) is 44.6. The maximum Gasteiger partial charge on any atom is 0.408 e. The van der Waals surface area contributed by atoms with Gasteiger partial charge in [-0.3, -0.25) is 9.59 Å². The Hall–Kier alpha value is -2.36. The van der Waals surface area contributed by atoms with Crippen LogP contribution >= 0.6 is 0 Å². The lowest BCUT2D eigenvalue weighted by atomic mass is 10.2. The maximum absolute atomic E-state index is 11.8. The number of hydrogen-bond acceptors (Lipinski definition) is 6. The molecular formula is C12H20N2O8. The lowest BCUT2D eigenvalue weighted by molar-refractivity contribution is -0.147. The van der Waals surface area contributed by atoms with Crippen LogP contribution in [0.4, 0.5) is 4.79 Å². The van der Waals surface area contributed by atoms with E-state index in [0.717, 1.165) is 0 Å². The Balaban J connectivity index is 4.73. The Labute approximate surface area is 126 Å². The van der Waals surface area contributed by atoms with Gasteiger partial charge < -0.3 is 30.7 Å². The van der Waals surface area contributed by atoms with E-state index in [0.29, 0.717) is 0 Å². The molecule has 2 atom stereocenters. The van der Waals surface area contributed by atoms with Crippen LogP contribution in [0, 0.1) is 0 Å². The lowest BCUT2D eigenvalue weighted by Gasteiger charge is -2.23. The first-order valence-electron chi connectivity index (χ1n) is 6.31. The fraction of sp³-hybridized carbons (Fsp3) is 0.667. The molecule has 0 spiro atoms. The Morgan fingerprint density at radius 3 is 1.95 bits per heavy atom. The predicted octanol–water partition coefficient (Wildman–Crippen LogP) is -1.08. The Bertz CT molecular complexity index is 443. The summed E-state index contributed by atoms with van der Waals surface area (Å²) >= 11 is 0. The lowest BCUT2D eigenvalue weighted by Crippen LogP contribution is -2.54. The molecule has 126 valence electrons. The fourth-order valence-corrected chi connectivity index (χ4v) is 1.29. The number of carbonyl (C=O) groups is 4. The van der Waals surface area contributed by atoms with Gasteiger partial charge in [0, 0.05) is 0 Å². The second kappa shape index (κ2) is 8.17. The Morgan fingerprint density at radius 2 is 1.59 bits per heavy atom. The van der Waals surface area contributed by atoms with Gasteiger partial charge in [0.05, 0.1) is 13.0 Å². The van der Waals surface area contributed by atoms with E-state index in [1.54, 1.807) is 20.8 Å². The summed E-state index contributed by atoms with van der Waals surface area (Å²) in [6, 6.07) is -3.15. The molecule has 0 rings (SSSR count). The number of aliphatic carboxylic acids is 2. The van der Waals surface area contributed by atoms with Crippen molar-refractivity contribution in [2.75, 3.05) is 6.61 Å². The van der Waals surface area contributed by atoms with Gasteiger partial charge in [0.2, 0.25) is 5.91 Å². The number of ether oxygens (including phenoxy) is 1. The predicted molar refractivity (Wildman–Crippen MR) is 72.1 cm³/mol. The van der Waals surface area contributed by atoms with Crippen molar-refractivity contribution in [3.63, 3.8) is 0 Å². The molecule has 0 aliphatic carbocycles. The molecule has 0 aliphatic rings. The Morgan fingerprint density at radius 1 is 1.05 bits per heavy atom. The molecule has 0 radical (unpaired) electrons. The van der Waals surface area contributed by atoms with Crippen molar-refractivity contribution >= 4 is 23.9 Å². The van der Waals surface area contributed by atoms with E-state index in [9.17, 15) is 19.2 Å². The topological polar surface area (TPSA) is 162 Å². The number of nitrogens with one attached hydrogen (secondary N) is 2. The second-order valence-corrected chi connectivity index (χ2v) is 5.38. The number of aliphatic hydroxyl groups excluding tert-OH is 1. The summed E-state index contributed by atoms with van der Waals surface area (Å²) in [7, 11) is 0. The fourth-order valence-electron chi connectivity index (χ4n) is 1.29. The third-order valence-corrected chi connectivity index (χ3v) is 2.18. The van der Waals surface area contributed by atoms with Crippen LogP contribution < -0.4 is 10.6 Å². The van der Waals surface area contributed by atoms with Crippen LogP contribution in [0.2, 0.25) is 0 Å². The van der Waals surface area contributed by atoms with E-state index < -0.39 is 54.7 Å². The van der Waals surface area contributed by atoms with Gasteiger partial charge in [-0.2, -0.15) is 0 Å². The van der Waals surface area contributed by atoms with E-state index in [1.165, 1.54) is 0 Å². The largest absolute Gasteiger partial charge is 0.481 e. The summed E-state index contributed by atoms with van der Waals surface area (Å²) in [6.45, 7) is 3.96. The van der Waals surface area contributed by atoms with E-state index in [4.69, 9.17) is 20.1 Å². The van der Waals surface area contributed by atoms with Gasteiger partial charge in [0.25, 0.3) is 0 Å². The number of rotatable bonds is 7. The second-order valence-electron chi connectivity index (χ2n) is 5.38. The minimum atomic E-state index is -1.68. The third-order valence-electron chi connectivity index (χ3n) is 2.18. The molecule has 0 fully saturated rings. The van der Waals surface area contributed by atoms with Crippen molar-refractivity contribution in [1.82, 2.24) is 10.6 Å². The first-order chi connectivity index (χ1) is 9.96. The average molecular weight is 320 g/mol. The zero-order valence-corrected chi connectivity index (χ0v) is 12.5. The molecule has 10 nitrogen and oxygen atoms in total. The van der Waals surface area contributed by atoms with Crippen LogP contribution in [0.1, 0.15) is 27.2 Å². The SMILES string of the molecule is CC(C)(C)OC(=O)N[C@@H](CO)C(=O)N[C@@H](CC(=O)O)C(=O)O. The van der Waals surface area contributed by atoms with E-state index >= 15 is 0 Å². The van der Waals surface area contributed by atoms with Crippen LogP contribution in [-0.4, -0.2) is 63.6 Å². The van der Waals surface area contributed by atoms with Crippen molar-refractivity contribution in [3.8, 4) is 0 Å². The standard InChI is InChI=1S/C12H20N2O8/c1-12(2,3)22-11(21)14-7(5-15)9(18)13-6(10(19)20)4-8(16)17/h6-7,15H,4-5H2,1-3H3,(H,13,18)(H,14,21)(H,16,17)(H,19,20)/t6-,7-/m0/s1. The van der Waals surface area contributed by atoms with Crippen molar-refractivity contribution in [2.45, 2.75) is 44.9 Å². The number of carboxylic acids is 2. The highest BCUT2D eigenvalue weighted by Gasteiger charge is 2.29. The van der Waals surface area contributed by atoms with Crippen molar-refractivity contribution in [2.24, 2.45) is 0 Å². The number of alkyl carbamates (subject to hydrolysis) is 1. The Kier molecular flexibility index (Phi) is 7.30. The van der Waals surface area contributed by atoms with Gasteiger partial charge in [-0.1, -0.05) is 0 Å². The van der Waals surface area contributed by atoms with Crippen molar-refractivity contribution < 1.29 is 39.2 Å². The monoisotopic (exact) mass is 320 g/mol. The zero-order chi connectivity index (χ0) is 17.5. The molecule has 0 heterocycles. The van der Waals surface area contributed by atoms with Crippen molar-refractivity contribution in [1.29, 1.82) is 0 Å². The number of aliphatic hydroxyl groups is 1. The number of carbonyl (C=O) groups excluding carboxylic acids is 2. The van der Waals surface area contributed by atoms with Gasteiger partial charge in [0.15, 0.2) is 0 Å². The molecule has 0 bridgehead atoms. The van der Waals surface area contributed by atoms with E-state index in [-0.39, 0.29) is 0 Å². The summed E-state index contributed by atoms with van der Waals surface area (Å²) in [5, 5.41) is 30.4. The number of amides is 2. The molecular weight excluding hydrogens is 300 g/mol. The smallest absolute Gasteiger partial charge is 0.408 e. The first-order valence-corrected chi connectivity index (χ1v) is 6.31. The van der Waals surface area contributed by atoms with E-state index in [1.807, 2.05) is 5.32 Å². The van der Waals surface area contributed by atoms with Crippen LogP contribution in [-0.2, 0) is 19.1 Å². The van der Waals surface area contributed by atoms with Crippen LogP contribution in [0.5, 0.6) is 0 Å². The highest BCUT2D eigenvalue weighted by molar-refractivity contribution is 5.90. The number of carboxylic acid groups (broad SMARTS) is 2. The van der Waals surface area contributed by atoms with Gasteiger partial charge in [-0.05, 0) is 20.8 Å². The van der Waals surface area contributed by atoms with Gasteiger partial charge >= 0.3 is 18.0 Å². The maximum atomic E-state index is 11.8.